The standard InChI is InChI=1S/C8H14O3/c1-5(4-6-2-3-6)7(9)8(10)11/h5-7,9H,2-4H2,1H3,(H,10,11). The summed E-state index contributed by atoms with van der Waals surface area (Å²) in [5, 5.41) is 17.5. The summed E-state index contributed by atoms with van der Waals surface area (Å²) in [4.78, 5) is 10.3. The van der Waals surface area contributed by atoms with E-state index in [0.29, 0.717) is 5.92 Å². The highest BCUT2D eigenvalue weighted by molar-refractivity contribution is 5.72. The molecule has 1 saturated carbocycles. The molecule has 0 spiro atoms. The number of aliphatic hydroxyl groups excluding tert-OH is 1. The molecule has 1 aliphatic rings. The minimum absolute atomic E-state index is 0.0972. The second-order valence-corrected chi connectivity index (χ2v) is 3.44. The van der Waals surface area contributed by atoms with Crippen molar-refractivity contribution in [3.8, 4) is 0 Å². The van der Waals surface area contributed by atoms with Gasteiger partial charge in [-0.15, -0.1) is 0 Å². The smallest absolute Gasteiger partial charge is 0.332 e. The van der Waals surface area contributed by atoms with Crippen molar-refractivity contribution in [1.29, 1.82) is 0 Å². The van der Waals surface area contributed by atoms with E-state index in [1.54, 1.807) is 6.92 Å². The summed E-state index contributed by atoms with van der Waals surface area (Å²) in [7, 11) is 0. The van der Waals surface area contributed by atoms with E-state index in [9.17, 15) is 4.79 Å². The summed E-state index contributed by atoms with van der Waals surface area (Å²) in [5.74, 6) is -0.517. The fourth-order valence-electron chi connectivity index (χ4n) is 1.25. The van der Waals surface area contributed by atoms with Gasteiger partial charge in [-0.25, -0.2) is 4.79 Å². The van der Waals surface area contributed by atoms with Gasteiger partial charge in [-0.3, -0.25) is 0 Å². The van der Waals surface area contributed by atoms with Crippen LogP contribution < -0.4 is 0 Å². The molecule has 1 rings (SSSR count). The first-order valence-electron chi connectivity index (χ1n) is 4.02. The first-order chi connectivity index (χ1) is 5.11. The van der Waals surface area contributed by atoms with Crippen LogP contribution in [0.4, 0.5) is 0 Å². The summed E-state index contributed by atoms with van der Waals surface area (Å²) < 4.78 is 0. The summed E-state index contributed by atoms with van der Waals surface area (Å²) in [5.41, 5.74) is 0. The highest BCUT2D eigenvalue weighted by atomic mass is 16.4. The van der Waals surface area contributed by atoms with Gasteiger partial charge in [0.25, 0.3) is 0 Å². The highest BCUT2D eigenvalue weighted by Crippen LogP contribution is 2.35. The van der Waals surface area contributed by atoms with Crippen LogP contribution >= 0.6 is 0 Å². The molecule has 0 aromatic carbocycles. The van der Waals surface area contributed by atoms with E-state index < -0.39 is 12.1 Å². The zero-order chi connectivity index (χ0) is 8.43. The van der Waals surface area contributed by atoms with E-state index in [-0.39, 0.29) is 5.92 Å². The Morgan fingerprint density at radius 1 is 1.64 bits per heavy atom. The monoisotopic (exact) mass is 158 g/mol. The maximum Gasteiger partial charge on any atom is 0.332 e. The van der Waals surface area contributed by atoms with E-state index in [4.69, 9.17) is 10.2 Å². The number of aliphatic carboxylic acids is 1. The third-order valence-electron chi connectivity index (χ3n) is 2.19. The number of aliphatic hydroxyl groups is 1. The average Bonchev–Trinajstić information content (AvgIpc) is 2.69. The van der Waals surface area contributed by atoms with Crippen molar-refractivity contribution in [1.82, 2.24) is 0 Å². The molecule has 1 aliphatic carbocycles. The predicted molar refractivity (Wildman–Crippen MR) is 40.1 cm³/mol. The molecule has 64 valence electrons. The highest BCUT2D eigenvalue weighted by Gasteiger charge is 2.29. The molecule has 0 aromatic rings. The SMILES string of the molecule is CC(CC1CC1)C(O)C(=O)O. The van der Waals surface area contributed by atoms with Crippen LogP contribution in [0, 0.1) is 11.8 Å². The Hall–Kier alpha value is -0.570. The molecule has 0 aromatic heterocycles. The van der Waals surface area contributed by atoms with Crippen molar-refractivity contribution in [3.05, 3.63) is 0 Å². The largest absolute Gasteiger partial charge is 0.479 e. The quantitative estimate of drug-likeness (QED) is 0.638. The van der Waals surface area contributed by atoms with Gasteiger partial charge in [-0.1, -0.05) is 19.8 Å². The van der Waals surface area contributed by atoms with Gasteiger partial charge >= 0.3 is 5.97 Å². The first-order valence-corrected chi connectivity index (χ1v) is 4.02. The predicted octanol–water partition coefficient (Wildman–Crippen LogP) is 0.868. The van der Waals surface area contributed by atoms with E-state index in [1.165, 1.54) is 12.8 Å². The molecule has 0 amide bonds. The molecular weight excluding hydrogens is 144 g/mol. The third kappa shape index (κ3) is 2.50. The Balaban J connectivity index is 2.26. The minimum atomic E-state index is -1.17. The molecule has 0 heterocycles. The van der Waals surface area contributed by atoms with E-state index >= 15 is 0 Å². The minimum Gasteiger partial charge on any atom is -0.479 e. The lowest BCUT2D eigenvalue weighted by Gasteiger charge is -2.13. The second-order valence-electron chi connectivity index (χ2n) is 3.44. The van der Waals surface area contributed by atoms with Crippen LogP contribution in [0.1, 0.15) is 26.2 Å². The number of rotatable bonds is 4. The molecule has 0 radical (unpaired) electrons. The van der Waals surface area contributed by atoms with Crippen LogP contribution in [0.2, 0.25) is 0 Å². The first kappa shape index (κ1) is 8.53. The van der Waals surface area contributed by atoms with Gasteiger partial charge in [0.05, 0.1) is 0 Å². The summed E-state index contributed by atoms with van der Waals surface area (Å²) in [6, 6.07) is 0. The summed E-state index contributed by atoms with van der Waals surface area (Å²) in [6.45, 7) is 1.79. The van der Waals surface area contributed by atoms with Gasteiger partial charge in [0.2, 0.25) is 0 Å². The third-order valence-corrected chi connectivity index (χ3v) is 2.19. The normalized spacial score (nSPS) is 22.7. The zero-order valence-corrected chi connectivity index (χ0v) is 6.66. The number of carboxylic acid groups (broad SMARTS) is 1. The lowest BCUT2D eigenvalue weighted by molar-refractivity contribution is -0.149. The van der Waals surface area contributed by atoms with Gasteiger partial charge in [-0.2, -0.15) is 0 Å². The van der Waals surface area contributed by atoms with Gasteiger partial charge in [-0.05, 0) is 18.3 Å². The molecule has 0 bridgehead atoms. The van der Waals surface area contributed by atoms with Crippen molar-refractivity contribution < 1.29 is 15.0 Å². The van der Waals surface area contributed by atoms with Crippen molar-refractivity contribution >= 4 is 5.97 Å². The second kappa shape index (κ2) is 3.22. The van der Waals surface area contributed by atoms with Crippen LogP contribution in [0.3, 0.4) is 0 Å². The number of hydrogen-bond donors (Lipinski definition) is 2. The van der Waals surface area contributed by atoms with E-state index in [1.807, 2.05) is 0 Å². The van der Waals surface area contributed by atoms with Crippen LogP contribution in [0.5, 0.6) is 0 Å². The van der Waals surface area contributed by atoms with E-state index in [2.05, 4.69) is 0 Å². The van der Waals surface area contributed by atoms with Crippen LogP contribution in [0.15, 0.2) is 0 Å². The number of hydrogen-bond acceptors (Lipinski definition) is 2. The van der Waals surface area contributed by atoms with Crippen molar-refractivity contribution in [2.45, 2.75) is 32.3 Å². The molecule has 2 atom stereocenters. The number of carboxylic acids is 1. The maximum atomic E-state index is 10.3. The Bertz CT molecular complexity index is 151. The molecule has 2 unspecified atom stereocenters. The zero-order valence-electron chi connectivity index (χ0n) is 6.66. The molecule has 2 N–H and O–H groups in total. The fourth-order valence-corrected chi connectivity index (χ4v) is 1.25. The van der Waals surface area contributed by atoms with Gasteiger partial charge in [0.15, 0.2) is 6.10 Å². The Kier molecular flexibility index (Phi) is 2.49. The van der Waals surface area contributed by atoms with Gasteiger partial charge in [0.1, 0.15) is 0 Å². The van der Waals surface area contributed by atoms with Crippen molar-refractivity contribution in [2.24, 2.45) is 11.8 Å². The molecule has 11 heavy (non-hydrogen) atoms. The Labute approximate surface area is 66.0 Å². The van der Waals surface area contributed by atoms with Crippen LogP contribution in [-0.2, 0) is 4.79 Å². The summed E-state index contributed by atoms with van der Waals surface area (Å²) >= 11 is 0. The van der Waals surface area contributed by atoms with E-state index in [0.717, 1.165) is 6.42 Å². The molecule has 1 fully saturated rings. The summed E-state index contributed by atoms with van der Waals surface area (Å²) in [6.07, 6.45) is 2.09. The van der Waals surface area contributed by atoms with Crippen LogP contribution in [0.25, 0.3) is 0 Å². The molecule has 0 saturated heterocycles. The Morgan fingerprint density at radius 3 is 2.55 bits per heavy atom. The molecule has 0 aliphatic heterocycles. The molecule has 3 heteroatoms. The Morgan fingerprint density at radius 2 is 2.18 bits per heavy atom. The lowest BCUT2D eigenvalue weighted by Crippen LogP contribution is -2.27. The maximum absolute atomic E-state index is 10.3. The van der Waals surface area contributed by atoms with Gasteiger partial charge < -0.3 is 10.2 Å². The van der Waals surface area contributed by atoms with Crippen LogP contribution in [-0.4, -0.2) is 22.3 Å². The molecular formula is C8H14O3. The lowest BCUT2D eigenvalue weighted by atomic mass is 9.98. The average molecular weight is 158 g/mol. The van der Waals surface area contributed by atoms with Crippen molar-refractivity contribution in [2.75, 3.05) is 0 Å². The fraction of sp³-hybridized carbons (Fsp3) is 0.875. The van der Waals surface area contributed by atoms with Crippen molar-refractivity contribution in [3.63, 3.8) is 0 Å². The number of carbonyl (C=O) groups is 1. The van der Waals surface area contributed by atoms with Gasteiger partial charge in [0, 0.05) is 0 Å². The topological polar surface area (TPSA) is 57.5 Å². The molecule has 3 nitrogen and oxygen atoms in total.